The molecule has 18 heavy (non-hydrogen) atoms. The molecule has 1 aromatic rings. The van der Waals surface area contributed by atoms with Gasteiger partial charge in [-0.1, -0.05) is 6.07 Å². The first-order valence-corrected chi connectivity index (χ1v) is 7.27. The molecular weight excluding hydrogens is 264 g/mol. The normalized spacial score (nSPS) is 11.3. The maximum Gasteiger partial charge on any atom is 0.224 e. The number of sulfone groups is 1. The molecule has 0 fully saturated rings. The van der Waals surface area contributed by atoms with Crippen molar-refractivity contribution in [2.24, 2.45) is 0 Å². The molecule has 1 N–H and O–H groups in total. The smallest absolute Gasteiger partial charge is 0.224 e. The molecule has 0 saturated carbocycles. The number of halogens is 2. The van der Waals surface area contributed by atoms with E-state index in [0.717, 1.165) is 18.4 Å². The Morgan fingerprint density at radius 3 is 2.33 bits per heavy atom. The molecular formula is C11H13F2NO3S. The summed E-state index contributed by atoms with van der Waals surface area (Å²) in [7, 11) is -3.14. The van der Waals surface area contributed by atoms with E-state index in [2.05, 4.69) is 5.32 Å². The molecule has 0 heterocycles. The number of hydrogen-bond donors (Lipinski definition) is 1. The fraction of sp³-hybridized carbons (Fsp3) is 0.364. The van der Waals surface area contributed by atoms with Gasteiger partial charge in [-0.15, -0.1) is 0 Å². The van der Waals surface area contributed by atoms with Crippen LogP contribution in [0.25, 0.3) is 0 Å². The van der Waals surface area contributed by atoms with Crippen LogP contribution in [0.2, 0.25) is 0 Å². The maximum atomic E-state index is 13.2. The highest BCUT2D eigenvalue weighted by atomic mass is 32.2. The number of para-hydroxylation sites is 1. The third-order valence-corrected chi connectivity index (χ3v) is 3.18. The maximum absolute atomic E-state index is 13.2. The lowest BCUT2D eigenvalue weighted by molar-refractivity contribution is -0.116. The summed E-state index contributed by atoms with van der Waals surface area (Å²) in [6.45, 7) is 0. The first-order chi connectivity index (χ1) is 8.29. The van der Waals surface area contributed by atoms with E-state index in [0.29, 0.717) is 0 Å². The van der Waals surface area contributed by atoms with E-state index in [4.69, 9.17) is 0 Å². The fourth-order valence-corrected chi connectivity index (χ4v) is 1.98. The Labute approximate surface area is 104 Å². The van der Waals surface area contributed by atoms with Crippen LogP contribution >= 0.6 is 0 Å². The van der Waals surface area contributed by atoms with Gasteiger partial charge >= 0.3 is 0 Å². The summed E-state index contributed by atoms with van der Waals surface area (Å²) >= 11 is 0. The van der Waals surface area contributed by atoms with Crippen molar-refractivity contribution < 1.29 is 22.0 Å². The molecule has 0 aliphatic carbocycles. The molecule has 0 atom stereocenters. The van der Waals surface area contributed by atoms with Crippen LogP contribution in [-0.4, -0.2) is 26.3 Å². The molecule has 0 aromatic heterocycles. The molecule has 1 rings (SSSR count). The highest BCUT2D eigenvalue weighted by molar-refractivity contribution is 7.90. The van der Waals surface area contributed by atoms with Crippen LogP contribution in [0, 0.1) is 11.6 Å². The van der Waals surface area contributed by atoms with Gasteiger partial charge < -0.3 is 5.32 Å². The Balaban J connectivity index is 2.55. The van der Waals surface area contributed by atoms with Gasteiger partial charge in [0.25, 0.3) is 0 Å². The number of carbonyl (C=O) groups excluding carboxylic acids is 1. The number of anilines is 1. The van der Waals surface area contributed by atoms with Gasteiger partial charge in [0, 0.05) is 12.7 Å². The molecule has 0 saturated heterocycles. The molecule has 0 radical (unpaired) electrons. The lowest BCUT2D eigenvalue weighted by atomic mass is 10.2. The van der Waals surface area contributed by atoms with Gasteiger partial charge in [-0.25, -0.2) is 17.2 Å². The summed E-state index contributed by atoms with van der Waals surface area (Å²) in [5, 5.41) is 2.08. The van der Waals surface area contributed by atoms with Crippen LogP contribution in [-0.2, 0) is 14.6 Å². The molecule has 0 spiro atoms. The Hall–Kier alpha value is -1.50. The van der Waals surface area contributed by atoms with Crippen molar-refractivity contribution in [3.05, 3.63) is 29.8 Å². The summed E-state index contributed by atoms with van der Waals surface area (Å²) in [5.41, 5.74) is -0.512. The third-order valence-electron chi connectivity index (χ3n) is 2.15. The molecule has 100 valence electrons. The Morgan fingerprint density at radius 2 is 1.83 bits per heavy atom. The number of rotatable bonds is 5. The number of amides is 1. The Bertz CT molecular complexity index is 523. The zero-order valence-corrected chi connectivity index (χ0v) is 10.6. The third kappa shape index (κ3) is 4.79. The van der Waals surface area contributed by atoms with Crippen molar-refractivity contribution in [1.82, 2.24) is 0 Å². The lowest BCUT2D eigenvalue weighted by Crippen LogP contribution is -2.15. The van der Waals surface area contributed by atoms with Crippen LogP contribution in [0.3, 0.4) is 0 Å². The molecule has 0 bridgehead atoms. The van der Waals surface area contributed by atoms with Crippen molar-refractivity contribution in [3.8, 4) is 0 Å². The summed E-state index contributed by atoms with van der Waals surface area (Å²) in [4.78, 5) is 11.4. The minimum Gasteiger partial charge on any atom is -0.321 e. The lowest BCUT2D eigenvalue weighted by Gasteiger charge is -2.07. The molecule has 1 aromatic carbocycles. The predicted molar refractivity (Wildman–Crippen MR) is 63.9 cm³/mol. The molecule has 0 aliphatic rings. The van der Waals surface area contributed by atoms with Gasteiger partial charge in [-0.05, 0) is 18.6 Å². The van der Waals surface area contributed by atoms with E-state index < -0.39 is 33.1 Å². The fourth-order valence-electron chi connectivity index (χ4n) is 1.31. The van der Waals surface area contributed by atoms with Crippen LogP contribution in [0.15, 0.2) is 18.2 Å². The largest absolute Gasteiger partial charge is 0.321 e. The average Bonchev–Trinajstić information content (AvgIpc) is 2.22. The van der Waals surface area contributed by atoms with Crippen molar-refractivity contribution in [3.63, 3.8) is 0 Å². The highest BCUT2D eigenvalue weighted by Crippen LogP contribution is 2.18. The molecule has 0 unspecified atom stereocenters. The van der Waals surface area contributed by atoms with E-state index >= 15 is 0 Å². The molecule has 1 amide bonds. The standard InChI is InChI=1S/C11H13F2NO3S/c1-18(16,17)7-3-6-10(15)14-11-8(12)4-2-5-9(11)13/h2,4-5H,3,6-7H2,1H3,(H,14,15). The number of hydrogen-bond acceptors (Lipinski definition) is 3. The van der Waals surface area contributed by atoms with Gasteiger partial charge in [-0.3, -0.25) is 4.79 Å². The second-order valence-corrected chi connectivity index (χ2v) is 6.14. The summed E-state index contributed by atoms with van der Waals surface area (Å²) in [6, 6.07) is 3.23. The van der Waals surface area contributed by atoms with Crippen molar-refractivity contribution in [2.45, 2.75) is 12.8 Å². The second-order valence-electron chi connectivity index (χ2n) is 3.88. The van der Waals surface area contributed by atoms with Gasteiger partial charge in [0.15, 0.2) is 0 Å². The van der Waals surface area contributed by atoms with Crippen molar-refractivity contribution in [2.75, 3.05) is 17.3 Å². The number of nitrogens with one attached hydrogen (secondary N) is 1. The molecule has 0 aliphatic heterocycles. The minimum atomic E-state index is -3.14. The Kier molecular flexibility index (Phi) is 4.77. The van der Waals surface area contributed by atoms with Crippen molar-refractivity contribution >= 4 is 21.4 Å². The highest BCUT2D eigenvalue weighted by Gasteiger charge is 2.12. The van der Waals surface area contributed by atoms with Gasteiger partial charge in [-0.2, -0.15) is 0 Å². The zero-order valence-electron chi connectivity index (χ0n) is 9.74. The minimum absolute atomic E-state index is 0.110. The van der Waals surface area contributed by atoms with E-state index in [9.17, 15) is 22.0 Å². The topological polar surface area (TPSA) is 63.2 Å². The van der Waals surface area contributed by atoms with Crippen LogP contribution in [0.4, 0.5) is 14.5 Å². The SMILES string of the molecule is CS(=O)(=O)CCCC(=O)Nc1c(F)cccc1F. The monoisotopic (exact) mass is 277 g/mol. The van der Waals surface area contributed by atoms with E-state index in [1.54, 1.807) is 0 Å². The van der Waals surface area contributed by atoms with Gasteiger partial charge in [0.05, 0.1) is 5.75 Å². The molecule has 7 heteroatoms. The number of benzene rings is 1. The first-order valence-electron chi connectivity index (χ1n) is 5.21. The van der Waals surface area contributed by atoms with Crippen LogP contribution < -0.4 is 5.32 Å². The first kappa shape index (κ1) is 14.6. The van der Waals surface area contributed by atoms with E-state index in [1.807, 2.05) is 0 Å². The summed E-state index contributed by atoms with van der Waals surface area (Å²) < 4.78 is 48.0. The van der Waals surface area contributed by atoms with Crippen LogP contribution in [0.1, 0.15) is 12.8 Å². The van der Waals surface area contributed by atoms with Gasteiger partial charge in [0.2, 0.25) is 5.91 Å². The summed E-state index contributed by atoms with van der Waals surface area (Å²) in [5.74, 6) is -2.50. The zero-order chi connectivity index (χ0) is 13.8. The Morgan fingerprint density at radius 1 is 1.28 bits per heavy atom. The quantitative estimate of drug-likeness (QED) is 0.891. The average molecular weight is 277 g/mol. The number of carbonyl (C=O) groups is 1. The van der Waals surface area contributed by atoms with Crippen molar-refractivity contribution in [1.29, 1.82) is 0 Å². The van der Waals surface area contributed by atoms with E-state index in [1.165, 1.54) is 6.07 Å². The molecule has 4 nitrogen and oxygen atoms in total. The predicted octanol–water partition coefficient (Wildman–Crippen LogP) is 1.73. The van der Waals surface area contributed by atoms with E-state index in [-0.39, 0.29) is 18.6 Å². The van der Waals surface area contributed by atoms with Gasteiger partial charge in [0.1, 0.15) is 27.2 Å². The second kappa shape index (κ2) is 5.90. The summed E-state index contributed by atoms with van der Waals surface area (Å²) in [6.07, 6.45) is 1.06. The van der Waals surface area contributed by atoms with Crippen LogP contribution in [0.5, 0.6) is 0 Å².